The first-order chi connectivity index (χ1) is 14.1. The van der Waals surface area contributed by atoms with Crippen LogP contribution in [0.3, 0.4) is 0 Å². The first kappa shape index (κ1) is 26.2. The van der Waals surface area contributed by atoms with Gasteiger partial charge in [0.05, 0.1) is 27.4 Å². The molecule has 1 heterocycles. The Kier molecular flexibility index (Phi) is 12.5. The van der Waals surface area contributed by atoms with Crippen LogP contribution in [0.4, 0.5) is 0 Å². The highest BCUT2D eigenvalue weighted by Crippen LogP contribution is 2.24. The number of benzene rings is 1. The van der Waals surface area contributed by atoms with Gasteiger partial charge in [0.15, 0.2) is 5.96 Å². The van der Waals surface area contributed by atoms with Crippen molar-refractivity contribution in [3.05, 3.63) is 23.8 Å². The molecule has 1 amide bonds. The van der Waals surface area contributed by atoms with Crippen molar-refractivity contribution >= 4 is 35.8 Å². The molecule has 1 aliphatic heterocycles. The first-order valence-corrected chi connectivity index (χ1v) is 9.75. The molecule has 1 saturated heterocycles. The minimum absolute atomic E-state index is 0. The van der Waals surface area contributed by atoms with Gasteiger partial charge in [0.25, 0.3) is 0 Å². The minimum atomic E-state index is -0.0926. The van der Waals surface area contributed by atoms with Crippen LogP contribution >= 0.6 is 24.0 Å². The largest absolute Gasteiger partial charge is 0.497 e. The molecular formula is C20H34IN5O4. The summed E-state index contributed by atoms with van der Waals surface area (Å²) < 4.78 is 15.6. The maximum Gasteiger partial charge on any atom is 0.239 e. The van der Waals surface area contributed by atoms with Crippen LogP contribution in [0.25, 0.3) is 0 Å². The highest BCUT2D eigenvalue weighted by Gasteiger charge is 2.23. The summed E-state index contributed by atoms with van der Waals surface area (Å²) in [5.74, 6) is 2.12. The molecule has 1 aromatic carbocycles. The normalized spacial score (nSPS) is 16.5. The molecule has 0 radical (unpaired) electrons. The number of hydrogen-bond acceptors (Lipinski definition) is 6. The van der Waals surface area contributed by atoms with Crippen LogP contribution in [-0.4, -0.2) is 84.0 Å². The van der Waals surface area contributed by atoms with Gasteiger partial charge in [-0.2, -0.15) is 0 Å². The summed E-state index contributed by atoms with van der Waals surface area (Å²) >= 11 is 0. The summed E-state index contributed by atoms with van der Waals surface area (Å²) in [5.41, 5.74) is 1.15. The van der Waals surface area contributed by atoms with E-state index in [1.807, 2.05) is 18.2 Å². The molecule has 0 aliphatic carbocycles. The molecular weight excluding hydrogens is 501 g/mol. The maximum absolute atomic E-state index is 11.8. The second kappa shape index (κ2) is 14.3. The van der Waals surface area contributed by atoms with Crippen LogP contribution < -0.4 is 25.4 Å². The van der Waals surface area contributed by atoms with Crippen molar-refractivity contribution in [2.24, 2.45) is 4.99 Å². The third-order valence-electron chi connectivity index (χ3n) is 4.70. The van der Waals surface area contributed by atoms with Gasteiger partial charge in [0.2, 0.25) is 5.91 Å². The van der Waals surface area contributed by atoms with E-state index in [-0.39, 0.29) is 42.5 Å². The van der Waals surface area contributed by atoms with Crippen LogP contribution in [-0.2, 0) is 16.1 Å². The summed E-state index contributed by atoms with van der Waals surface area (Å²) in [6, 6.07) is 6.21. The average Bonchev–Trinajstić information content (AvgIpc) is 3.17. The third kappa shape index (κ3) is 8.92. The zero-order chi connectivity index (χ0) is 21.1. The lowest BCUT2D eigenvalue weighted by atomic mass is 10.2. The number of aliphatic imine (C=N–C) groups is 1. The van der Waals surface area contributed by atoms with Crippen molar-refractivity contribution in [2.75, 3.05) is 61.2 Å². The number of methoxy groups -OCH3 is 3. The second-order valence-electron chi connectivity index (χ2n) is 6.85. The van der Waals surface area contributed by atoms with Crippen LogP contribution in [0.5, 0.6) is 11.5 Å². The molecule has 3 N–H and O–H groups in total. The smallest absolute Gasteiger partial charge is 0.239 e. The summed E-state index contributed by atoms with van der Waals surface area (Å²) in [6.07, 6.45) is 1.00. The summed E-state index contributed by atoms with van der Waals surface area (Å²) in [6.45, 7) is 3.85. The molecule has 1 fully saturated rings. The highest BCUT2D eigenvalue weighted by atomic mass is 127. The molecule has 9 nitrogen and oxygen atoms in total. The molecule has 0 aromatic heterocycles. The van der Waals surface area contributed by atoms with Gasteiger partial charge >= 0.3 is 0 Å². The van der Waals surface area contributed by atoms with Gasteiger partial charge in [-0.05, 0) is 24.1 Å². The number of likely N-dealkylation sites (tertiary alicyclic amines) is 1. The van der Waals surface area contributed by atoms with Crippen molar-refractivity contribution in [2.45, 2.75) is 19.0 Å². The number of nitrogens with zero attached hydrogens (tertiary/aromatic N) is 2. The van der Waals surface area contributed by atoms with E-state index in [1.165, 1.54) is 0 Å². The van der Waals surface area contributed by atoms with Gasteiger partial charge in [-0.25, -0.2) is 0 Å². The van der Waals surface area contributed by atoms with E-state index in [4.69, 9.17) is 14.2 Å². The van der Waals surface area contributed by atoms with E-state index >= 15 is 0 Å². The van der Waals surface area contributed by atoms with Gasteiger partial charge in [-0.1, -0.05) is 0 Å². The number of carbonyl (C=O) groups excluding carboxylic acids is 1. The number of carbonyl (C=O) groups is 1. The number of ether oxygens (including phenoxy) is 3. The Morgan fingerprint density at radius 1 is 1.17 bits per heavy atom. The number of halogens is 1. The Hall–Kier alpha value is -1.79. The van der Waals surface area contributed by atoms with Crippen LogP contribution in [0.15, 0.2) is 23.2 Å². The van der Waals surface area contributed by atoms with Crippen LogP contribution in [0.1, 0.15) is 12.0 Å². The van der Waals surface area contributed by atoms with E-state index in [9.17, 15) is 4.79 Å². The van der Waals surface area contributed by atoms with Gasteiger partial charge in [-0.3, -0.25) is 14.7 Å². The van der Waals surface area contributed by atoms with Crippen LogP contribution in [0.2, 0.25) is 0 Å². The van der Waals surface area contributed by atoms with E-state index in [1.54, 1.807) is 28.4 Å². The quantitative estimate of drug-likeness (QED) is 0.177. The fourth-order valence-corrected chi connectivity index (χ4v) is 3.22. The summed E-state index contributed by atoms with van der Waals surface area (Å²) in [5, 5.41) is 9.22. The molecule has 2 rings (SSSR count). The SMILES string of the molecule is CN=C(NCC(=O)NCCOC)NC1CCN(Cc2cc(OC)cc(OC)c2)C1.I. The molecule has 170 valence electrons. The van der Waals surface area contributed by atoms with E-state index in [2.05, 4.69) is 25.8 Å². The zero-order valence-corrected chi connectivity index (χ0v) is 20.5. The zero-order valence-electron chi connectivity index (χ0n) is 18.2. The van der Waals surface area contributed by atoms with Crippen molar-refractivity contribution in [1.82, 2.24) is 20.9 Å². The van der Waals surface area contributed by atoms with Crippen molar-refractivity contribution in [3.63, 3.8) is 0 Å². The Bertz CT molecular complexity index is 667. The Balaban J connectivity index is 0.00000450. The molecule has 0 saturated carbocycles. The third-order valence-corrected chi connectivity index (χ3v) is 4.70. The molecule has 1 aromatic rings. The molecule has 30 heavy (non-hydrogen) atoms. The van der Waals surface area contributed by atoms with Gasteiger partial charge < -0.3 is 30.2 Å². The highest BCUT2D eigenvalue weighted by molar-refractivity contribution is 14.0. The lowest BCUT2D eigenvalue weighted by Crippen LogP contribution is -2.47. The predicted octanol–water partition coefficient (Wildman–Crippen LogP) is 0.824. The number of nitrogens with one attached hydrogen (secondary N) is 3. The standard InChI is InChI=1S/C20H33N5O4.HI/c1-21-20(23-12-19(26)22-6-8-27-2)24-16-5-7-25(14-16)13-15-9-17(28-3)11-18(10-15)29-4;/h9-11,16H,5-8,12-14H2,1-4H3,(H,22,26)(H2,21,23,24);1H. The number of amides is 1. The van der Waals surface area contributed by atoms with Gasteiger partial charge in [-0.15, -0.1) is 24.0 Å². The Morgan fingerprint density at radius 3 is 2.47 bits per heavy atom. The van der Waals surface area contributed by atoms with Crippen molar-refractivity contribution < 1.29 is 19.0 Å². The molecule has 0 bridgehead atoms. The van der Waals surface area contributed by atoms with Crippen molar-refractivity contribution in [3.8, 4) is 11.5 Å². The monoisotopic (exact) mass is 535 g/mol. The lowest BCUT2D eigenvalue weighted by Gasteiger charge is -2.19. The summed E-state index contributed by atoms with van der Waals surface area (Å²) in [7, 11) is 6.62. The maximum atomic E-state index is 11.8. The first-order valence-electron chi connectivity index (χ1n) is 9.75. The van der Waals surface area contributed by atoms with Gasteiger partial charge in [0, 0.05) is 52.4 Å². The molecule has 10 heteroatoms. The molecule has 1 atom stereocenters. The Labute approximate surface area is 195 Å². The van der Waals surface area contributed by atoms with E-state index < -0.39 is 0 Å². The summed E-state index contributed by atoms with van der Waals surface area (Å²) in [4.78, 5) is 18.4. The fourth-order valence-electron chi connectivity index (χ4n) is 3.22. The molecule has 1 unspecified atom stereocenters. The number of hydrogen-bond donors (Lipinski definition) is 3. The second-order valence-corrected chi connectivity index (χ2v) is 6.85. The predicted molar refractivity (Wildman–Crippen MR) is 128 cm³/mol. The molecule has 0 spiro atoms. The number of rotatable bonds is 10. The Morgan fingerprint density at radius 2 is 1.87 bits per heavy atom. The van der Waals surface area contributed by atoms with E-state index in [0.29, 0.717) is 19.1 Å². The van der Waals surface area contributed by atoms with Crippen molar-refractivity contribution in [1.29, 1.82) is 0 Å². The molecule has 1 aliphatic rings. The topological polar surface area (TPSA) is 96.5 Å². The van der Waals surface area contributed by atoms with Gasteiger partial charge in [0.1, 0.15) is 11.5 Å². The van der Waals surface area contributed by atoms with E-state index in [0.717, 1.165) is 43.1 Å². The fraction of sp³-hybridized carbons (Fsp3) is 0.600. The number of guanidine groups is 1. The lowest BCUT2D eigenvalue weighted by molar-refractivity contribution is -0.120. The van der Waals surface area contributed by atoms with Crippen LogP contribution in [0, 0.1) is 0 Å². The average molecular weight is 535 g/mol. The minimum Gasteiger partial charge on any atom is -0.497 e.